The van der Waals surface area contributed by atoms with Crippen LogP contribution in [0.4, 0.5) is 5.69 Å². The number of ether oxygens (including phenoxy) is 1. The number of hydrogen-bond donors (Lipinski definition) is 0. The van der Waals surface area contributed by atoms with Gasteiger partial charge in [-0.1, -0.05) is 39.7 Å². The highest BCUT2D eigenvalue weighted by Crippen LogP contribution is 2.30. The lowest BCUT2D eigenvalue weighted by Gasteiger charge is -2.07. The summed E-state index contributed by atoms with van der Waals surface area (Å²) in [5, 5.41) is 11.2. The molecule has 0 aliphatic rings. The Morgan fingerprint density at radius 3 is 2.71 bits per heavy atom. The molecule has 0 aromatic heterocycles. The molecule has 0 saturated heterocycles. The molecule has 0 aliphatic carbocycles. The SMILES string of the molecule is O=C(COc1cc(Cl)ccc1[N+](=O)[O-])c1cccc(Br)c1. The zero-order valence-corrected chi connectivity index (χ0v) is 12.9. The van der Waals surface area contributed by atoms with Crippen molar-refractivity contribution in [3.63, 3.8) is 0 Å². The highest BCUT2D eigenvalue weighted by molar-refractivity contribution is 9.10. The van der Waals surface area contributed by atoms with Crippen LogP contribution in [0.2, 0.25) is 5.02 Å². The minimum Gasteiger partial charge on any atom is -0.478 e. The molecule has 0 spiro atoms. The lowest BCUT2D eigenvalue weighted by atomic mass is 10.1. The summed E-state index contributed by atoms with van der Waals surface area (Å²) in [6, 6.07) is 10.7. The van der Waals surface area contributed by atoms with Crippen LogP contribution >= 0.6 is 27.5 Å². The van der Waals surface area contributed by atoms with Crippen molar-refractivity contribution in [2.24, 2.45) is 0 Å². The standard InChI is InChI=1S/C14H9BrClNO4/c15-10-3-1-2-9(6-10)13(18)8-21-14-7-11(16)4-5-12(14)17(19)20/h1-7H,8H2. The van der Waals surface area contributed by atoms with E-state index in [9.17, 15) is 14.9 Å². The second kappa shape index (κ2) is 6.69. The molecule has 7 heteroatoms. The van der Waals surface area contributed by atoms with E-state index in [-0.39, 0.29) is 23.8 Å². The van der Waals surface area contributed by atoms with Gasteiger partial charge in [-0.05, 0) is 18.2 Å². The molecule has 0 fully saturated rings. The molecule has 0 N–H and O–H groups in total. The van der Waals surface area contributed by atoms with Crippen molar-refractivity contribution < 1.29 is 14.5 Å². The predicted octanol–water partition coefficient (Wildman–Crippen LogP) is 4.27. The minimum absolute atomic E-state index is 0.0316. The molecule has 0 aliphatic heterocycles. The second-order valence-corrected chi connectivity index (χ2v) is 5.44. The maximum Gasteiger partial charge on any atom is 0.311 e. The number of ketones is 1. The number of rotatable bonds is 5. The number of halogens is 2. The number of nitrogens with zero attached hydrogens (tertiary/aromatic N) is 1. The Labute approximate surface area is 133 Å². The van der Waals surface area contributed by atoms with Gasteiger partial charge >= 0.3 is 5.69 Å². The Morgan fingerprint density at radius 2 is 2.05 bits per heavy atom. The fraction of sp³-hybridized carbons (Fsp3) is 0.0714. The van der Waals surface area contributed by atoms with Crippen LogP contribution in [-0.4, -0.2) is 17.3 Å². The van der Waals surface area contributed by atoms with Gasteiger partial charge in [0.25, 0.3) is 0 Å². The van der Waals surface area contributed by atoms with Crippen LogP contribution in [0.5, 0.6) is 5.75 Å². The summed E-state index contributed by atoms with van der Waals surface area (Å²) < 4.78 is 6.01. The van der Waals surface area contributed by atoms with E-state index in [0.29, 0.717) is 10.6 Å². The fourth-order valence-corrected chi connectivity index (χ4v) is 2.20. The van der Waals surface area contributed by atoms with Gasteiger partial charge in [0.05, 0.1) is 4.92 Å². The molecule has 0 heterocycles. The molecule has 0 bridgehead atoms. The average molecular weight is 371 g/mol. The van der Waals surface area contributed by atoms with Gasteiger partial charge in [0.1, 0.15) is 0 Å². The largest absolute Gasteiger partial charge is 0.478 e. The van der Waals surface area contributed by atoms with Crippen LogP contribution < -0.4 is 4.74 Å². The minimum atomic E-state index is -0.588. The van der Waals surface area contributed by atoms with Crippen molar-refractivity contribution in [3.05, 3.63) is 67.6 Å². The molecule has 5 nitrogen and oxygen atoms in total. The van der Waals surface area contributed by atoms with Crippen molar-refractivity contribution in [3.8, 4) is 5.75 Å². The molecule has 0 unspecified atom stereocenters. The van der Waals surface area contributed by atoms with E-state index in [1.165, 1.54) is 18.2 Å². The van der Waals surface area contributed by atoms with Crippen LogP contribution in [0, 0.1) is 10.1 Å². The Bertz CT molecular complexity index is 705. The predicted molar refractivity (Wildman–Crippen MR) is 82.1 cm³/mol. The Hall–Kier alpha value is -1.92. The van der Waals surface area contributed by atoms with Crippen molar-refractivity contribution in [2.45, 2.75) is 0 Å². The van der Waals surface area contributed by atoms with Gasteiger partial charge in [-0.15, -0.1) is 0 Å². The third-order valence-corrected chi connectivity index (χ3v) is 3.35. The molecule has 0 atom stereocenters. The van der Waals surface area contributed by atoms with Gasteiger partial charge in [-0.2, -0.15) is 0 Å². The maximum atomic E-state index is 12.0. The quantitative estimate of drug-likeness (QED) is 0.448. The summed E-state index contributed by atoms with van der Waals surface area (Å²) in [5.41, 5.74) is 0.218. The molecule has 108 valence electrons. The number of hydrogen-bond acceptors (Lipinski definition) is 4. The average Bonchev–Trinajstić information content (AvgIpc) is 2.44. The van der Waals surface area contributed by atoms with Crippen molar-refractivity contribution in [1.82, 2.24) is 0 Å². The zero-order chi connectivity index (χ0) is 15.4. The summed E-state index contributed by atoms with van der Waals surface area (Å²) in [4.78, 5) is 22.3. The topological polar surface area (TPSA) is 69.4 Å². The van der Waals surface area contributed by atoms with Crippen molar-refractivity contribution >= 4 is 39.0 Å². The maximum absolute atomic E-state index is 12.0. The van der Waals surface area contributed by atoms with E-state index in [1.54, 1.807) is 24.3 Å². The van der Waals surface area contributed by atoms with Gasteiger partial charge in [0.15, 0.2) is 18.1 Å². The van der Waals surface area contributed by atoms with E-state index < -0.39 is 4.92 Å². The molecule has 0 amide bonds. The smallest absolute Gasteiger partial charge is 0.311 e. The van der Waals surface area contributed by atoms with Crippen LogP contribution in [-0.2, 0) is 0 Å². The number of Topliss-reactive ketones (excluding diaryl/α,β-unsaturated/α-hetero) is 1. The van der Waals surface area contributed by atoms with Gasteiger partial charge in [0, 0.05) is 27.2 Å². The Kier molecular flexibility index (Phi) is 4.93. The van der Waals surface area contributed by atoms with Crippen LogP contribution in [0.1, 0.15) is 10.4 Å². The van der Waals surface area contributed by atoms with Gasteiger partial charge in [0.2, 0.25) is 0 Å². The highest BCUT2D eigenvalue weighted by Gasteiger charge is 2.17. The molecular weight excluding hydrogens is 362 g/mol. The summed E-state index contributed by atoms with van der Waals surface area (Å²) >= 11 is 9.05. The van der Waals surface area contributed by atoms with Crippen molar-refractivity contribution in [1.29, 1.82) is 0 Å². The van der Waals surface area contributed by atoms with E-state index in [4.69, 9.17) is 16.3 Å². The lowest BCUT2D eigenvalue weighted by molar-refractivity contribution is -0.385. The Morgan fingerprint density at radius 1 is 1.29 bits per heavy atom. The first-order valence-corrected chi connectivity index (χ1v) is 7.00. The van der Waals surface area contributed by atoms with Crippen LogP contribution in [0.25, 0.3) is 0 Å². The summed E-state index contributed by atoms with van der Waals surface area (Å²) in [7, 11) is 0. The molecule has 0 saturated carbocycles. The number of nitro benzene ring substituents is 1. The van der Waals surface area contributed by atoms with Crippen LogP contribution in [0.3, 0.4) is 0 Å². The van der Waals surface area contributed by atoms with E-state index >= 15 is 0 Å². The molecule has 2 aromatic rings. The zero-order valence-electron chi connectivity index (χ0n) is 10.6. The first kappa shape index (κ1) is 15.5. The number of carbonyl (C=O) groups is 1. The van der Waals surface area contributed by atoms with E-state index in [1.807, 2.05) is 0 Å². The summed E-state index contributed by atoms with van der Waals surface area (Å²) in [6.07, 6.45) is 0. The number of carbonyl (C=O) groups excluding carboxylic acids is 1. The van der Waals surface area contributed by atoms with Crippen LogP contribution in [0.15, 0.2) is 46.9 Å². The number of nitro groups is 1. The first-order valence-electron chi connectivity index (χ1n) is 5.83. The third kappa shape index (κ3) is 4.03. The normalized spacial score (nSPS) is 10.2. The molecule has 21 heavy (non-hydrogen) atoms. The van der Waals surface area contributed by atoms with Crippen molar-refractivity contribution in [2.75, 3.05) is 6.61 Å². The van der Waals surface area contributed by atoms with E-state index in [2.05, 4.69) is 15.9 Å². The molecular formula is C14H9BrClNO4. The Balaban J connectivity index is 2.14. The second-order valence-electron chi connectivity index (χ2n) is 4.09. The highest BCUT2D eigenvalue weighted by atomic mass is 79.9. The molecule has 0 radical (unpaired) electrons. The third-order valence-electron chi connectivity index (χ3n) is 2.62. The van der Waals surface area contributed by atoms with Gasteiger partial charge < -0.3 is 4.74 Å². The lowest BCUT2D eigenvalue weighted by Crippen LogP contribution is -2.12. The molecule has 2 aromatic carbocycles. The summed E-state index contributed by atoms with van der Waals surface area (Å²) in [6.45, 7) is -0.308. The molecule has 2 rings (SSSR count). The summed E-state index contributed by atoms with van der Waals surface area (Å²) in [5.74, 6) is -0.318. The van der Waals surface area contributed by atoms with Gasteiger partial charge in [-0.3, -0.25) is 14.9 Å². The number of benzene rings is 2. The fourth-order valence-electron chi connectivity index (χ4n) is 1.64. The van der Waals surface area contributed by atoms with E-state index in [0.717, 1.165) is 4.47 Å². The van der Waals surface area contributed by atoms with Gasteiger partial charge in [-0.25, -0.2) is 0 Å². The first-order chi connectivity index (χ1) is 9.97. The monoisotopic (exact) mass is 369 g/mol.